The van der Waals surface area contributed by atoms with Crippen molar-refractivity contribution in [1.82, 2.24) is 4.98 Å². The number of alkyl halides is 1. The zero-order valence-corrected chi connectivity index (χ0v) is 13.5. The first kappa shape index (κ1) is 15.5. The fraction of sp³-hybridized carbons (Fsp3) is 0.158. The third-order valence-electron chi connectivity index (χ3n) is 3.80. The third kappa shape index (κ3) is 3.20. The SMILES string of the molecule is COc1ccc2ccccc2c1CC(Cl)C(=O)c1ccccn1. The van der Waals surface area contributed by atoms with Gasteiger partial charge in [-0.05, 0) is 29.0 Å². The Kier molecular flexibility index (Phi) is 4.58. The van der Waals surface area contributed by atoms with Crippen LogP contribution in [0.2, 0.25) is 0 Å². The van der Waals surface area contributed by atoms with Crippen LogP contribution in [0, 0.1) is 0 Å². The van der Waals surface area contributed by atoms with E-state index in [0.717, 1.165) is 22.1 Å². The lowest BCUT2D eigenvalue weighted by atomic mass is 9.97. The van der Waals surface area contributed by atoms with Crippen LogP contribution >= 0.6 is 11.6 Å². The fourth-order valence-electron chi connectivity index (χ4n) is 2.66. The van der Waals surface area contributed by atoms with E-state index in [4.69, 9.17) is 16.3 Å². The molecule has 3 rings (SSSR count). The Morgan fingerprint density at radius 3 is 2.65 bits per heavy atom. The van der Waals surface area contributed by atoms with Crippen LogP contribution in [0.15, 0.2) is 60.8 Å². The summed E-state index contributed by atoms with van der Waals surface area (Å²) in [5, 5.41) is 1.45. The van der Waals surface area contributed by atoms with Gasteiger partial charge in [-0.15, -0.1) is 11.6 Å². The molecular formula is C19H16ClNO2. The molecule has 2 aromatic carbocycles. The van der Waals surface area contributed by atoms with Gasteiger partial charge < -0.3 is 4.74 Å². The Morgan fingerprint density at radius 2 is 1.91 bits per heavy atom. The van der Waals surface area contributed by atoms with Gasteiger partial charge in [0.2, 0.25) is 0 Å². The highest BCUT2D eigenvalue weighted by Gasteiger charge is 2.21. The van der Waals surface area contributed by atoms with E-state index in [2.05, 4.69) is 4.98 Å². The van der Waals surface area contributed by atoms with Crippen molar-refractivity contribution in [2.75, 3.05) is 7.11 Å². The van der Waals surface area contributed by atoms with Gasteiger partial charge in [-0.2, -0.15) is 0 Å². The number of Topliss-reactive ketones (excluding diaryl/α,β-unsaturated/α-hetero) is 1. The minimum absolute atomic E-state index is 0.178. The molecule has 0 aliphatic carbocycles. The van der Waals surface area contributed by atoms with E-state index >= 15 is 0 Å². The van der Waals surface area contributed by atoms with Gasteiger partial charge >= 0.3 is 0 Å². The number of methoxy groups -OCH3 is 1. The van der Waals surface area contributed by atoms with Crippen molar-refractivity contribution in [3.05, 3.63) is 72.1 Å². The number of hydrogen-bond acceptors (Lipinski definition) is 3. The van der Waals surface area contributed by atoms with E-state index in [1.807, 2.05) is 36.4 Å². The molecule has 0 spiro atoms. The van der Waals surface area contributed by atoms with Gasteiger partial charge in [0.25, 0.3) is 0 Å². The number of nitrogens with zero attached hydrogens (tertiary/aromatic N) is 1. The second-order valence-corrected chi connectivity index (χ2v) is 5.75. The summed E-state index contributed by atoms with van der Waals surface area (Å²) in [6, 6.07) is 17.1. The molecule has 3 nitrogen and oxygen atoms in total. The topological polar surface area (TPSA) is 39.2 Å². The average Bonchev–Trinajstić information content (AvgIpc) is 2.62. The molecule has 0 saturated heterocycles. The van der Waals surface area contributed by atoms with Crippen LogP contribution in [-0.4, -0.2) is 23.3 Å². The Bertz CT molecular complexity index is 833. The minimum Gasteiger partial charge on any atom is -0.496 e. The molecule has 0 amide bonds. The number of rotatable bonds is 5. The standard InChI is InChI=1S/C19H16ClNO2/c1-23-18-10-9-13-6-2-3-7-14(13)15(18)12-16(20)19(22)17-8-4-5-11-21-17/h2-11,16H,12H2,1H3. The zero-order chi connectivity index (χ0) is 16.2. The van der Waals surface area contributed by atoms with Crippen molar-refractivity contribution in [3.8, 4) is 5.75 Å². The molecule has 1 heterocycles. The summed E-state index contributed by atoms with van der Waals surface area (Å²) in [5.41, 5.74) is 1.32. The monoisotopic (exact) mass is 325 g/mol. The van der Waals surface area contributed by atoms with E-state index < -0.39 is 5.38 Å². The number of carbonyl (C=O) groups is 1. The molecule has 0 aliphatic rings. The smallest absolute Gasteiger partial charge is 0.199 e. The highest BCUT2D eigenvalue weighted by Crippen LogP contribution is 2.30. The van der Waals surface area contributed by atoms with Gasteiger partial charge in [-0.3, -0.25) is 9.78 Å². The molecule has 0 aliphatic heterocycles. The summed E-state index contributed by atoms with van der Waals surface area (Å²) in [4.78, 5) is 16.5. The summed E-state index contributed by atoms with van der Waals surface area (Å²) in [6.45, 7) is 0. The highest BCUT2D eigenvalue weighted by atomic mass is 35.5. The number of ketones is 1. The van der Waals surface area contributed by atoms with Gasteiger partial charge in [0.05, 0.1) is 7.11 Å². The number of benzene rings is 2. The van der Waals surface area contributed by atoms with Gasteiger partial charge in [0.15, 0.2) is 5.78 Å². The lowest BCUT2D eigenvalue weighted by Gasteiger charge is -2.14. The summed E-state index contributed by atoms with van der Waals surface area (Å²) in [5.74, 6) is 0.561. The van der Waals surface area contributed by atoms with Crippen LogP contribution < -0.4 is 4.74 Å². The minimum atomic E-state index is -0.690. The molecule has 1 unspecified atom stereocenters. The van der Waals surface area contributed by atoms with E-state index in [9.17, 15) is 4.79 Å². The molecule has 0 saturated carbocycles. The Balaban J connectivity index is 1.96. The molecule has 3 aromatic rings. The molecular weight excluding hydrogens is 310 g/mol. The van der Waals surface area contributed by atoms with E-state index in [1.54, 1.807) is 31.5 Å². The van der Waals surface area contributed by atoms with Crippen molar-refractivity contribution >= 4 is 28.2 Å². The second kappa shape index (κ2) is 6.80. The van der Waals surface area contributed by atoms with E-state index in [1.165, 1.54) is 0 Å². The molecule has 1 atom stereocenters. The molecule has 0 bridgehead atoms. The predicted octanol–water partition coefficient (Wildman–Crippen LogP) is 4.28. The lowest BCUT2D eigenvalue weighted by Crippen LogP contribution is -2.19. The maximum Gasteiger partial charge on any atom is 0.199 e. The number of pyridine rings is 1. The van der Waals surface area contributed by atoms with Crippen LogP contribution in [0.5, 0.6) is 5.75 Å². The maximum atomic E-state index is 12.4. The van der Waals surface area contributed by atoms with Crippen LogP contribution in [0.1, 0.15) is 16.1 Å². The third-order valence-corrected chi connectivity index (χ3v) is 4.16. The summed E-state index contributed by atoms with van der Waals surface area (Å²) < 4.78 is 5.45. The highest BCUT2D eigenvalue weighted by molar-refractivity contribution is 6.33. The summed E-state index contributed by atoms with van der Waals surface area (Å²) in [6.07, 6.45) is 1.98. The first-order valence-electron chi connectivity index (χ1n) is 7.34. The maximum absolute atomic E-state index is 12.4. The Hall–Kier alpha value is -2.39. The van der Waals surface area contributed by atoms with Crippen LogP contribution in [0.4, 0.5) is 0 Å². The largest absolute Gasteiger partial charge is 0.496 e. The van der Waals surface area contributed by atoms with Crippen molar-refractivity contribution in [2.24, 2.45) is 0 Å². The van der Waals surface area contributed by atoms with E-state index in [0.29, 0.717) is 12.1 Å². The molecule has 1 aromatic heterocycles. The number of ether oxygens (including phenoxy) is 1. The fourth-order valence-corrected chi connectivity index (χ4v) is 2.92. The van der Waals surface area contributed by atoms with Gasteiger partial charge in [-0.1, -0.05) is 36.4 Å². The molecule has 4 heteroatoms. The zero-order valence-electron chi connectivity index (χ0n) is 12.7. The quantitative estimate of drug-likeness (QED) is 0.519. The van der Waals surface area contributed by atoms with E-state index in [-0.39, 0.29) is 5.78 Å². The first-order chi connectivity index (χ1) is 11.2. The van der Waals surface area contributed by atoms with Crippen molar-refractivity contribution in [2.45, 2.75) is 11.8 Å². The first-order valence-corrected chi connectivity index (χ1v) is 7.78. The molecule has 0 radical (unpaired) electrons. The van der Waals surface area contributed by atoms with Crippen molar-refractivity contribution < 1.29 is 9.53 Å². The summed E-state index contributed by atoms with van der Waals surface area (Å²) >= 11 is 6.38. The average molecular weight is 326 g/mol. The van der Waals surface area contributed by atoms with Crippen LogP contribution in [-0.2, 0) is 6.42 Å². The Labute approximate surface area is 139 Å². The van der Waals surface area contributed by atoms with Gasteiger partial charge in [0.1, 0.15) is 16.8 Å². The van der Waals surface area contributed by atoms with Crippen molar-refractivity contribution in [1.29, 1.82) is 0 Å². The van der Waals surface area contributed by atoms with Crippen LogP contribution in [0.3, 0.4) is 0 Å². The molecule has 23 heavy (non-hydrogen) atoms. The number of fused-ring (bicyclic) bond motifs is 1. The second-order valence-electron chi connectivity index (χ2n) is 5.22. The van der Waals surface area contributed by atoms with Crippen molar-refractivity contribution in [3.63, 3.8) is 0 Å². The number of hydrogen-bond donors (Lipinski definition) is 0. The van der Waals surface area contributed by atoms with Crippen LogP contribution in [0.25, 0.3) is 10.8 Å². The normalized spacial score (nSPS) is 12.1. The number of carbonyl (C=O) groups excluding carboxylic acids is 1. The molecule has 0 fully saturated rings. The summed E-state index contributed by atoms with van der Waals surface area (Å²) in [7, 11) is 1.62. The number of aromatic nitrogens is 1. The van der Waals surface area contributed by atoms with Gasteiger partial charge in [-0.25, -0.2) is 0 Å². The predicted molar refractivity (Wildman–Crippen MR) is 92.4 cm³/mol. The number of halogens is 1. The Morgan fingerprint density at radius 1 is 1.13 bits per heavy atom. The lowest BCUT2D eigenvalue weighted by molar-refractivity contribution is 0.0982. The molecule has 0 N–H and O–H groups in total. The molecule has 116 valence electrons. The van der Waals surface area contributed by atoms with Gasteiger partial charge in [0, 0.05) is 18.2 Å².